The molecule has 0 aliphatic heterocycles. The fourth-order valence-corrected chi connectivity index (χ4v) is 3.20. The Labute approximate surface area is 141 Å². The Morgan fingerprint density at radius 1 is 1.43 bits per heavy atom. The number of anilines is 1. The van der Waals surface area contributed by atoms with E-state index in [2.05, 4.69) is 54.0 Å². The van der Waals surface area contributed by atoms with Crippen molar-refractivity contribution in [3.63, 3.8) is 0 Å². The van der Waals surface area contributed by atoms with Gasteiger partial charge in [0.15, 0.2) is 5.13 Å². The Balaban J connectivity index is 2.16. The SMILES string of the molecule is COC(=O)CCn1c(C)cc(-c2csc(NCC(C)C)n2)c1C. The van der Waals surface area contributed by atoms with Crippen molar-refractivity contribution in [1.82, 2.24) is 9.55 Å². The third kappa shape index (κ3) is 4.34. The highest BCUT2D eigenvalue weighted by Crippen LogP contribution is 2.30. The average Bonchev–Trinajstić information content (AvgIpc) is 3.08. The van der Waals surface area contributed by atoms with Crippen LogP contribution in [-0.4, -0.2) is 29.2 Å². The maximum atomic E-state index is 11.4. The zero-order valence-corrected chi connectivity index (χ0v) is 15.3. The van der Waals surface area contributed by atoms with E-state index in [1.165, 1.54) is 7.11 Å². The van der Waals surface area contributed by atoms with Crippen molar-refractivity contribution >= 4 is 22.4 Å². The summed E-state index contributed by atoms with van der Waals surface area (Å²) in [6, 6.07) is 2.13. The van der Waals surface area contributed by atoms with Gasteiger partial charge in [0.1, 0.15) is 0 Å². The van der Waals surface area contributed by atoms with Gasteiger partial charge in [0.05, 0.1) is 19.2 Å². The molecular formula is C17H25N3O2S. The minimum atomic E-state index is -0.187. The molecule has 2 heterocycles. The van der Waals surface area contributed by atoms with Crippen LogP contribution in [0.5, 0.6) is 0 Å². The third-order valence-electron chi connectivity index (χ3n) is 3.78. The molecule has 6 heteroatoms. The summed E-state index contributed by atoms with van der Waals surface area (Å²) >= 11 is 1.63. The fourth-order valence-electron chi connectivity index (χ4n) is 2.48. The lowest BCUT2D eigenvalue weighted by atomic mass is 10.2. The number of aryl methyl sites for hydroxylation is 1. The molecule has 0 radical (unpaired) electrons. The molecule has 0 fully saturated rings. The predicted octanol–water partition coefficient (Wildman–Crippen LogP) is 3.86. The van der Waals surface area contributed by atoms with E-state index in [1.54, 1.807) is 11.3 Å². The number of rotatable bonds is 7. The van der Waals surface area contributed by atoms with Crippen LogP contribution in [0.3, 0.4) is 0 Å². The standard InChI is InChI=1S/C17H25N3O2S/c1-11(2)9-18-17-19-15(10-23-17)14-8-12(3)20(13(14)4)7-6-16(21)22-5/h8,10-11H,6-7,9H2,1-5H3,(H,18,19). The zero-order valence-electron chi connectivity index (χ0n) is 14.5. The highest BCUT2D eigenvalue weighted by Gasteiger charge is 2.14. The molecule has 23 heavy (non-hydrogen) atoms. The highest BCUT2D eigenvalue weighted by atomic mass is 32.1. The van der Waals surface area contributed by atoms with E-state index in [0.29, 0.717) is 18.9 Å². The molecule has 0 spiro atoms. The van der Waals surface area contributed by atoms with E-state index < -0.39 is 0 Å². The number of thiazole rings is 1. The maximum absolute atomic E-state index is 11.4. The summed E-state index contributed by atoms with van der Waals surface area (Å²) in [6.45, 7) is 10.0. The van der Waals surface area contributed by atoms with Crippen LogP contribution in [-0.2, 0) is 16.1 Å². The summed E-state index contributed by atoms with van der Waals surface area (Å²) in [5.41, 5.74) is 4.37. The number of esters is 1. The number of nitrogens with one attached hydrogen (secondary N) is 1. The first-order valence-electron chi connectivity index (χ1n) is 7.85. The first kappa shape index (κ1) is 17.5. The lowest BCUT2D eigenvalue weighted by molar-refractivity contribution is -0.140. The van der Waals surface area contributed by atoms with Gasteiger partial charge in [-0.05, 0) is 25.8 Å². The number of ether oxygens (including phenoxy) is 1. The maximum Gasteiger partial charge on any atom is 0.307 e. The quantitative estimate of drug-likeness (QED) is 0.781. The van der Waals surface area contributed by atoms with Gasteiger partial charge in [-0.15, -0.1) is 11.3 Å². The molecule has 126 valence electrons. The number of carbonyl (C=O) groups is 1. The Bertz CT molecular complexity index is 673. The van der Waals surface area contributed by atoms with Crippen LogP contribution >= 0.6 is 11.3 Å². The molecule has 0 bridgehead atoms. The molecule has 0 amide bonds. The van der Waals surface area contributed by atoms with Crippen molar-refractivity contribution in [3.05, 3.63) is 22.8 Å². The van der Waals surface area contributed by atoms with Crippen molar-refractivity contribution in [2.45, 2.75) is 40.7 Å². The molecule has 2 aromatic rings. The van der Waals surface area contributed by atoms with E-state index in [0.717, 1.165) is 34.3 Å². The molecule has 0 saturated heterocycles. The van der Waals surface area contributed by atoms with Crippen LogP contribution in [0.2, 0.25) is 0 Å². The van der Waals surface area contributed by atoms with Gasteiger partial charge in [-0.25, -0.2) is 4.98 Å². The number of nitrogens with zero attached hydrogens (tertiary/aromatic N) is 2. The van der Waals surface area contributed by atoms with Crippen LogP contribution in [0.1, 0.15) is 31.7 Å². The molecule has 0 unspecified atom stereocenters. The van der Waals surface area contributed by atoms with Crippen LogP contribution in [0.25, 0.3) is 11.3 Å². The van der Waals surface area contributed by atoms with Gasteiger partial charge in [-0.3, -0.25) is 4.79 Å². The van der Waals surface area contributed by atoms with E-state index in [4.69, 9.17) is 4.74 Å². The Morgan fingerprint density at radius 3 is 2.83 bits per heavy atom. The van der Waals surface area contributed by atoms with Crippen LogP contribution in [0.15, 0.2) is 11.4 Å². The number of methoxy groups -OCH3 is 1. The molecule has 2 aromatic heterocycles. The summed E-state index contributed by atoms with van der Waals surface area (Å²) in [5.74, 6) is 0.401. The van der Waals surface area contributed by atoms with Crippen molar-refractivity contribution in [2.75, 3.05) is 19.0 Å². The second kappa shape index (κ2) is 7.64. The predicted molar refractivity (Wildman–Crippen MR) is 95.0 cm³/mol. The molecule has 5 nitrogen and oxygen atoms in total. The Morgan fingerprint density at radius 2 is 2.17 bits per heavy atom. The van der Waals surface area contributed by atoms with E-state index in [-0.39, 0.29) is 5.97 Å². The second-order valence-electron chi connectivity index (χ2n) is 6.08. The fraction of sp³-hybridized carbons (Fsp3) is 0.529. The molecule has 0 saturated carbocycles. The average molecular weight is 335 g/mol. The third-order valence-corrected chi connectivity index (χ3v) is 4.58. The molecule has 0 aromatic carbocycles. The van der Waals surface area contributed by atoms with Crippen molar-refractivity contribution in [1.29, 1.82) is 0 Å². The molecular weight excluding hydrogens is 310 g/mol. The summed E-state index contributed by atoms with van der Waals surface area (Å²) < 4.78 is 6.87. The van der Waals surface area contributed by atoms with E-state index >= 15 is 0 Å². The van der Waals surface area contributed by atoms with Crippen molar-refractivity contribution in [2.24, 2.45) is 5.92 Å². The van der Waals surface area contributed by atoms with Crippen LogP contribution in [0.4, 0.5) is 5.13 Å². The summed E-state index contributed by atoms with van der Waals surface area (Å²) in [5, 5.41) is 6.39. The van der Waals surface area contributed by atoms with Gasteiger partial charge in [0.25, 0.3) is 0 Å². The van der Waals surface area contributed by atoms with Gasteiger partial charge in [0, 0.05) is 35.4 Å². The first-order valence-corrected chi connectivity index (χ1v) is 8.73. The number of carbonyl (C=O) groups excluding carboxylic acids is 1. The summed E-state index contributed by atoms with van der Waals surface area (Å²) in [6.07, 6.45) is 0.380. The smallest absolute Gasteiger partial charge is 0.307 e. The first-order chi connectivity index (χ1) is 10.9. The van der Waals surface area contributed by atoms with Crippen LogP contribution < -0.4 is 5.32 Å². The van der Waals surface area contributed by atoms with Gasteiger partial charge in [-0.1, -0.05) is 13.8 Å². The van der Waals surface area contributed by atoms with E-state index in [9.17, 15) is 4.79 Å². The largest absolute Gasteiger partial charge is 0.469 e. The zero-order chi connectivity index (χ0) is 17.0. The molecule has 0 atom stereocenters. The van der Waals surface area contributed by atoms with Gasteiger partial charge < -0.3 is 14.6 Å². The van der Waals surface area contributed by atoms with Gasteiger partial charge >= 0.3 is 5.97 Å². The molecule has 1 N–H and O–H groups in total. The normalized spacial score (nSPS) is 11.0. The Kier molecular flexibility index (Phi) is 5.82. The van der Waals surface area contributed by atoms with Crippen molar-refractivity contribution in [3.8, 4) is 11.3 Å². The monoisotopic (exact) mass is 335 g/mol. The second-order valence-corrected chi connectivity index (χ2v) is 6.93. The minimum Gasteiger partial charge on any atom is -0.469 e. The molecule has 2 rings (SSSR count). The summed E-state index contributed by atoms with van der Waals surface area (Å²) in [4.78, 5) is 16.0. The van der Waals surface area contributed by atoms with Gasteiger partial charge in [-0.2, -0.15) is 0 Å². The van der Waals surface area contributed by atoms with E-state index in [1.807, 2.05) is 0 Å². The van der Waals surface area contributed by atoms with Crippen LogP contribution in [0, 0.1) is 19.8 Å². The van der Waals surface area contributed by atoms with Gasteiger partial charge in [0.2, 0.25) is 0 Å². The van der Waals surface area contributed by atoms with Crippen molar-refractivity contribution < 1.29 is 9.53 Å². The summed E-state index contributed by atoms with van der Waals surface area (Å²) in [7, 11) is 1.42. The topological polar surface area (TPSA) is 56.1 Å². The minimum absolute atomic E-state index is 0.187. The molecule has 0 aliphatic carbocycles. The molecule has 0 aliphatic rings. The Hall–Kier alpha value is -1.82. The number of aromatic nitrogens is 2. The lowest BCUT2D eigenvalue weighted by Gasteiger charge is -2.08. The number of hydrogen-bond donors (Lipinski definition) is 1. The number of hydrogen-bond acceptors (Lipinski definition) is 5. The lowest BCUT2D eigenvalue weighted by Crippen LogP contribution is -2.09. The highest BCUT2D eigenvalue weighted by molar-refractivity contribution is 7.14.